The first-order valence-electron chi connectivity index (χ1n) is 5.44. The van der Waals surface area contributed by atoms with Gasteiger partial charge in [-0.05, 0) is 26.8 Å². The van der Waals surface area contributed by atoms with Gasteiger partial charge in [-0.15, -0.1) is 0 Å². The maximum atomic E-state index is 11.9. The number of nitrogens with one attached hydrogen (secondary N) is 1. The molecule has 4 heteroatoms. The predicted molar refractivity (Wildman–Crippen MR) is 63.6 cm³/mol. The monoisotopic (exact) mass is 233 g/mol. The number of hydrogen-bond donors (Lipinski definition) is 2. The van der Waals surface area contributed by atoms with Gasteiger partial charge in [0.25, 0.3) is 5.91 Å². The van der Waals surface area contributed by atoms with Crippen molar-refractivity contribution in [2.24, 2.45) is 5.41 Å². The zero-order valence-corrected chi connectivity index (χ0v) is 10.1. The Morgan fingerprint density at radius 1 is 1.41 bits per heavy atom. The number of aryl methyl sites for hydroxylation is 1. The van der Waals surface area contributed by atoms with Gasteiger partial charge in [-0.3, -0.25) is 4.79 Å². The number of rotatable bonds is 2. The third kappa shape index (κ3) is 1.41. The Balaban J connectivity index is 2.69. The van der Waals surface area contributed by atoms with E-state index in [0.717, 1.165) is 5.56 Å². The van der Waals surface area contributed by atoms with E-state index in [2.05, 4.69) is 5.32 Å². The molecule has 1 aliphatic rings. The quantitative estimate of drug-likeness (QED) is 0.758. The standard InChI is InChI=1S/C13H15NO3/c1-8-4-5-10-9(6-8)13(17,11(16)14-10)12(2,3)7-15/h4-7,17H,1-3H3,(H,14,16)/t13-/m1/s1. The van der Waals surface area contributed by atoms with Crippen molar-refractivity contribution in [1.82, 2.24) is 0 Å². The van der Waals surface area contributed by atoms with Gasteiger partial charge in [0.2, 0.25) is 0 Å². The van der Waals surface area contributed by atoms with Gasteiger partial charge in [-0.1, -0.05) is 17.7 Å². The van der Waals surface area contributed by atoms with Crippen molar-refractivity contribution in [1.29, 1.82) is 0 Å². The molecule has 0 saturated heterocycles. The van der Waals surface area contributed by atoms with Crippen LogP contribution in [0, 0.1) is 12.3 Å². The molecule has 17 heavy (non-hydrogen) atoms. The number of carbonyl (C=O) groups is 2. The summed E-state index contributed by atoms with van der Waals surface area (Å²) in [4.78, 5) is 23.1. The Morgan fingerprint density at radius 2 is 2.06 bits per heavy atom. The Kier molecular flexibility index (Phi) is 2.36. The molecule has 1 aromatic carbocycles. The fraction of sp³-hybridized carbons (Fsp3) is 0.385. The van der Waals surface area contributed by atoms with Crippen LogP contribution in [0.4, 0.5) is 5.69 Å². The van der Waals surface area contributed by atoms with Crippen LogP contribution in [0.5, 0.6) is 0 Å². The number of benzene rings is 1. The highest BCUT2D eigenvalue weighted by Gasteiger charge is 2.55. The van der Waals surface area contributed by atoms with E-state index in [-0.39, 0.29) is 0 Å². The van der Waals surface area contributed by atoms with Crippen LogP contribution in [0.2, 0.25) is 0 Å². The second-order valence-corrected chi connectivity index (χ2v) is 5.05. The minimum absolute atomic E-state index is 0.472. The molecule has 0 bridgehead atoms. The van der Waals surface area contributed by atoms with E-state index in [1.165, 1.54) is 0 Å². The van der Waals surface area contributed by atoms with E-state index in [0.29, 0.717) is 17.5 Å². The maximum absolute atomic E-state index is 11.9. The number of aldehydes is 1. The van der Waals surface area contributed by atoms with Crippen molar-refractivity contribution >= 4 is 17.9 Å². The van der Waals surface area contributed by atoms with Crippen molar-refractivity contribution in [3.8, 4) is 0 Å². The number of hydrogen-bond acceptors (Lipinski definition) is 3. The second kappa shape index (κ2) is 3.40. The molecule has 2 rings (SSSR count). The van der Waals surface area contributed by atoms with E-state index in [1.807, 2.05) is 13.0 Å². The normalized spacial score (nSPS) is 23.2. The van der Waals surface area contributed by atoms with Crippen LogP contribution in [0.1, 0.15) is 25.0 Å². The van der Waals surface area contributed by atoms with Crippen molar-refractivity contribution in [2.75, 3.05) is 5.32 Å². The van der Waals surface area contributed by atoms with Crippen LogP contribution in [-0.2, 0) is 15.2 Å². The number of amides is 1. The first-order valence-corrected chi connectivity index (χ1v) is 5.44. The van der Waals surface area contributed by atoms with E-state index >= 15 is 0 Å². The third-order valence-corrected chi connectivity index (χ3v) is 3.37. The smallest absolute Gasteiger partial charge is 0.262 e. The average Bonchev–Trinajstić information content (AvgIpc) is 2.54. The molecule has 0 fully saturated rings. The van der Waals surface area contributed by atoms with Gasteiger partial charge in [0.05, 0.1) is 5.41 Å². The van der Waals surface area contributed by atoms with Gasteiger partial charge in [-0.25, -0.2) is 0 Å². The van der Waals surface area contributed by atoms with Crippen LogP contribution < -0.4 is 5.32 Å². The fourth-order valence-electron chi connectivity index (χ4n) is 2.13. The highest BCUT2D eigenvalue weighted by atomic mass is 16.3. The number of aliphatic hydroxyl groups is 1. The van der Waals surface area contributed by atoms with E-state index in [9.17, 15) is 14.7 Å². The van der Waals surface area contributed by atoms with Crippen molar-refractivity contribution in [2.45, 2.75) is 26.4 Å². The molecule has 1 aliphatic heterocycles. The van der Waals surface area contributed by atoms with E-state index < -0.39 is 16.9 Å². The van der Waals surface area contributed by atoms with Crippen LogP contribution in [0.15, 0.2) is 18.2 Å². The molecule has 2 N–H and O–H groups in total. The minimum atomic E-state index is -1.80. The summed E-state index contributed by atoms with van der Waals surface area (Å²) in [6.45, 7) is 4.98. The molecule has 0 aromatic heterocycles. The van der Waals surface area contributed by atoms with Gasteiger partial charge in [0.15, 0.2) is 5.60 Å². The van der Waals surface area contributed by atoms with Crippen molar-refractivity contribution in [3.63, 3.8) is 0 Å². The first kappa shape index (κ1) is 11.8. The Hall–Kier alpha value is -1.68. The summed E-state index contributed by atoms with van der Waals surface area (Å²) in [5.74, 6) is -0.546. The molecule has 0 spiro atoms. The molecule has 1 amide bonds. The molecule has 1 atom stereocenters. The highest BCUT2D eigenvalue weighted by Crippen LogP contribution is 2.46. The summed E-state index contributed by atoms with van der Waals surface area (Å²) in [5, 5.41) is 13.2. The lowest BCUT2D eigenvalue weighted by molar-refractivity contribution is -0.152. The molecule has 0 radical (unpaired) electrons. The molecule has 1 aromatic rings. The van der Waals surface area contributed by atoms with E-state index in [4.69, 9.17) is 0 Å². The van der Waals surface area contributed by atoms with Crippen LogP contribution in [-0.4, -0.2) is 17.3 Å². The first-order chi connectivity index (χ1) is 7.83. The minimum Gasteiger partial charge on any atom is -0.374 e. The summed E-state index contributed by atoms with van der Waals surface area (Å²) in [6.07, 6.45) is 0.615. The largest absolute Gasteiger partial charge is 0.374 e. The van der Waals surface area contributed by atoms with Crippen molar-refractivity contribution in [3.05, 3.63) is 29.3 Å². The summed E-state index contributed by atoms with van der Waals surface area (Å²) < 4.78 is 0. The maximum Gasteiger partial charge on any atom is 0.262 e. The highest BCUT2D eigenvalue weighted by molar-refractivity contribution is 6.07. The average molecular weight is 233 g/mol. The molecule has 4 nitrogen and oxygen atoms in total. The van der Waals surface area contributed by atoms with Gasteiger partial charge in [-0.2, -0.15) is 0 Å². The topological polar surface area (TPSA) is 66.4 Å². The zero-order chi connectivity index (χ0) is 12.8. The number of anilines is 1. The fourth-order valence-corrected chi connectivity index (χ4v) is 2.13. The second-order valence-electron chi connectivity index (χ2n) is 5.05. The van der Waals surface area contributed by atoms with Gasteiger partial charge in [0.1, 0.15) is 6.29 Å². The molecular formula is C13H15NO3. The third-order valence-electron chi connectivity index (χ3n) is 3.37. The lowest BCUT2D eigenvalue weighted by Crippen LogP contribution is -2.48. The molecule has 90 valence electrons. The lowest BCUT2D eigenvalue weighted by Gasteiger charge is -2.33. The Morgan fingerprint density at radius 3 is 2.65 bits per heavy atom. The molecule has 0 aliphatic carbocycles. The summed E-state index contributed by atoms with van der Waals surface area (Å²) in [5.41, 5.74) is -0.996. The summed E-state index contributed by atoms with van der Waals surface area (Å²) >= 11 is 0. The van der Waals surface area contributed by atoms with Crippen LogP contribution in [0.3, 0.4) is 0 Å². The predicted octanol–water partition coefficient (Wildman–Crippen LogP) is 1.36. The molecule has 0 unspecified atom stereocenters. The van der Waals surface area contributed by atoms with Gasteiger partial charge >= 0.3 is 0 Å². The van der Waals surface area contributed by atoms with Gasteiger partial charge < -0.3 is 15.2 Å². The molecular weight excluding hydrogens is 218 g/mol. The molecule has 0 saturated carbocycles. The number of carbonyl (C=O) groups excluding carboxylic acids is 2. The van der Waals surface area contributed by atoms with E-state index in [1.54, 1.807) is 26.0 Å². The molecule has 1 heterocycles. The lowest BCUT2D eigenvalue weighted by atomic mass is 9.72. The Labute approximate surface area is 99.6 Å². The summed E-state index contributed by atoms with van der Waals surface area (Å²) in [7, 11) is 0. The van der Waals surface area contributed by atoms with Crippen LogP contribution in [0.25, 0.3) is 0 Å². The Bertz CT molecular complexity index is 507. The van der Waals surface area contributed by atoms with Gasteiger partial charge in [0, 0.05) is 11.3 Å². The van der Waals surface area contributed by atoms with Crippen LogP contribution >= 0.6 is 0 Å². The summed E-state index contributed by atoms with van der Waals surface area (Å²) in [6, 6.07) is 5.32. The zero-order valence-electron chi connectivity index (χ0n) is 10.1. The SMILES string of the molecule is Cc1ccc2c(c1)[C@](O)(C(C)(C)C=O)C(=O)N2. The number of fused-ring (bicyclic) bond motifs is 1. The van der Waals surface area contributed by atoms with Crippen molar-refractivity contribution < 1.29 is 14.7 Å².